The van der Waals surface area contributed by atoms with Crippen LogP contribution in [-0.2, 0) is 0 Å². The minimum absolute atomic E-state index is 0.0257. The number of benzene rings is 1. The molecule has 2 N–H and O–H groups in total. The number of carbonyl (C=O) groups excluding carboxylic acids is 1. The first-order valence-corrected chi connectivity index (χ1v) is 6.30. The van der Waals surface area contributed by atoms with Crippen LogP contribution in [-0.4, -0.2) is 37.0 Å². The lowest BCUT2D eigenvalue weighted by Gasteiger charge is -2.23. The first kappa shape index (κ1) is 14.5. The maximum Gasteiger partial charge on any atom is 0.254 e. The second-order valence-corrected chi connectivity index (χ2v) is 4.38. The molecular formula is C14H22N2O2. The molecule has 1 aromatic rings. The van der Waals surface area contributed by atoms with Crippen molar-refractivity contribution in [2.45, 2.75) is 26.3 Å². The summed E-state index contributed by atoms with van der Waals surface area (Å²) in [5, 5.41) is 0. The monoisotopic (exact) mass is 250 g/mol. The number of amides is 1. The van der Waals surface area contributed by atoms with Gasteiger partial charge in [-0.1, -0.05) is 13.0 Å². The summed E-state index contributed by atoms with van der Waals surface area (Å²) in [6, 6.07) is 7.29. The van der Waals surface area contributed by atoms with Crippen molar-refractivity contribution in [2.75, 3.05) is 20.2 Å². The molecule has 0 fully saturated rings. The Bertz CT molecular complexity index is 393. The zero-order chi connectivity index (χ0) is 13.5. The third-order valence-corrected chi connectivity index (χ3v) is 2.88. The van der Waals surface area contributed by atoms with Crippen molar-refractivity contribution < 1.29 is 9.53 Å². The average molecular weight is 250 g/mol. The SMILES string of the molecule is CCCOc1cccc(C(=O)N(C)C(C)CN)c1. The predicted molar refractivity (Wildman–Crippen MR) is 72.8 cm³/mol. The lowest BCUT2D eigenvalue weighted by atomic mass is 10.1. The fourth-order valence-corrected chi connectivity index (χ4v) is 1.50. The highest BCUT2D eigenvalue weighted by Crippen LogP contribution is 2.15. The van der Waals surface area contributed by atoms with Crippen LogP contribution in [0.2, 0.25) is 0 Å². The highest BCUT2D eigenvalue weighted by Gasteiger charge is 2.16. The number of ether oxygens (including phenoxy) is 1. The lowest BCUT2D eigenvalue weighted by molar-refractivity contribution is 0.0748. The molecule has 1 aromatic carbocycles. The van der Waals surface area contributed by atoms with E-state index in [1.54, 1.807) is 24.1 Å². The molecule has 0 saturated carbocycles. The van der Waals surface area contributed by atoms with Gasteiger partial charge >= 0.3 is 0 Å². The number of hydrogen-bond donors (Lipinski definition) is 1. The fraction of sp³-hybridized carbons (Fsp3) is 0.500. The Balaban J connectivity index is 2.79. The van der Waals surface area contributed by atoms with Gasteiger partial charge in [0.2, 0.25) is 0 Å². The lowest BCUT2D eigenvalue weighted by Crippen LogP contribution is -2.39. The maximum absolute atomic E-state index is 12.2. The second kappa shape index (κ2) is 7.01. The van der Waals surface area contributed by atoms with Gasteiger partial charge in [-0.3, -0.25) is 4.79 Å². The predicted octanol–water partition coefficient (Wildman–Crippen LogP) is 1.89. The highest BCUT2D eigenvalue weighted by molar-refractivity contribution is 5.94. The number of likely N-dealkylation sites (N-methyl/N-ethyl adjacent to an activating group) is 1. The zero-order valence-corrected chi connectivity index (χ0v) is 11.3. The van der Waals surface area contributed by atoms with Crippen molar-refractivity contribution in [3.8, 4) is 5.75 Å². The van der Waals surface area contributed by atoms with Crippen LogP contribution < -0.4 is 10.5 Å². The van der Waals surface area contributed by atoms with E-state index in [9.17, 15) is 4.79 Å². The van der Waals surface area contributed by atoms with Gasteiger partial charge in [0.15, 0.2) is 0 Å². The molecule has 1 amide bonds. The summed E-state index contributed by atoms with van der Waals surface area (Å²) in [4.78, 5) is 13.8. The molecule has 1 rings (SSSR count). The van der Waals surface area contributed by atoms with Crippen LogP contribution in [0, 0.1) is 0 Å². The zero-order valence-electron chi connectivity index (χ0n) is 11.3. The van der Waals surface area contributed by atoms with Crippen LogP contribution in [0.4, 0.5) is 0 Å². The molecule has 18 heavy (non-hydrogen) atoms. The molecule has 0 heterocycles. The largest absolute Gasteiger partial charge is 0.494 e. The van der Waals surface area contributed by atoms with Crippen LogP contribution in [0.25, 0.3) is 0 Å². The number of rotatable bonds is 6. The Morgan fingerprint density at radius 3 is 2.83 bits per heavy atom. The van der Waals surface area contributed by atoms with Gasteiger partial charge < -0.3 is 15.4 Å². The molecular weight excluding hydrogens is 228 g/mol. The molecule has 1 unspecified atom stereocenters. The van der Waals surface area contributed by atoms with Gasteiger partial charge in [0.1, 0.15) is 5.75 Å². The third kappa shape index (κ3) is 3.74. The van der Waals surface area contributed by atoms with E-state index in [0.717, 1.165) is 12.2 Å². The van der Waals surface area contributed by atoms with Crippen LogP contribution in [0.15, 0.2) is 24.3 Å². The number of hydrogen-bond acceptors (Lipinski definition) is 3. The van der Waals surface area contributed by atoms with E-state index < -0.39 is 0 Å². The molecule has 100 valence electrons. The van der Waals surface area contributed by atoms with Crippen LogP contribution in [0.5, 0.6) is 5.75 Å². The third-order valence-electron chi connectivity index (χ3n) is 2.88. The molecule has 0 aliphatic rings. The van der Waals surface area contributed by atoms with E-state index in [4.69, 9.17) is 10.5 Å². The Labute approximate surface area is 109 Å². The molecule has 0 spiro atoms. The number of nitrogens with zero attached hydrogens (tertiary/aromatic N) is 1. The summed E-state index contributed by atoms with van der Waals surface area (Å²) in [5.74, 6) is 0.700. The van der Waals surface area contributed by atoms with E-state index in [-0.39, 0.29) is 11.9 Å². The molecule has 1 atom stereocenters. The molecule has 4 nitrogen and oxygen atoms in total. The van der Waals surface area contributed by atoms with Gasteiger partial charge in [0.05, 0.1) is 6.61 Å². The Hall–Kier alpha value is -1.55. The van der Waals surface area contributed by atoms with Gasteiger partial charge in [-0.15, -0.1) is 0 Å². The highest BCUT2D eigenvalue weighted by atomic mass is 16.5. The maximum atomic E-state index is 12.2. The van der Waals surface area contributed by atoms with Crippen molar-refractivity contribution in [2.24, 2.45) is 5.73 Å². The Kier molecular flexibility index (Phi) is 5.65. The van der Waals surface area contributed by atoms with Gasteiger partial charge in [0, 0.05) is 25.2 Å². The molecule has 0 radical (unpaired) electrons. The van der Waals surface area contributed by atoms with Crippen LogP contribution in [0.3, 0.4) is 0 Å². The Morgan fingerprint density at radius 1 is 1.50 bits per heavy atom. The first-order valence-electron chi connectivity index (χ1n) is 6.30. The van der Waals surface area contributed by atoms with E-state index >= 15 is 0 Å². The minimum atomic E-state index is -0.0325. The second-order valence-electron chi connectivity index (χ2n) is 4.38. The standard InChI is InChI=1S/C14H22N2O2/c1-4-8-18-13-7-5-6-12(9-13)14(17)16(3)11(2)10-15/h5-7,9,11H,4,8,10,15H2,1-3H3. The van der Waals surface area contributed by atoms with Crippen molar-refractivity contribution in [1.29, 1.82) is 0 Å². The van der Waals surface area contributed by atoms with Gasteiger partial charge in [-0.25, -0.2) is 0 Å². The molecule has 0 aliphatic heterocycles. The van der Waals surface area contributed by atoms with E-state index in [1.165, 1.54) is 0 Å². The van der Waals surface area contributed by atoms with Crippen molar-refractivity contribution in [3.63, 3.8) is 0 Å². The normalized spacial score (nSPS) is 12.0. The van der Waals surface area contributed by atoms with E-state index in [0.29, 0.717) is 18.7 Å². The molecule has 0 saturated heterocycles. The van der Waals surface area contributed by atoms with E-state index in [1.807, 2.05) is 26.0 Å². The number of nitrogens with two attached hydrogens (primary N) is 1. The van der Waals surface area contributed by atoms with Gasteiger partial charge in [-0.05, 0) is 31.5 Å². The molecule has 4 heteroatoms. The average Bonchev–Trinajstić information content (AvgIpc) is 2.42. The van der Waals surface area contributed by atoms with E-state index in [2.05, 4.69) is 0 Å². The smallest absolute Gasteiger partial charge is 0.254 e. The topological polar surface area (TPSA) is 55.6 Å². The fourth-order valence-electron chi connectivity index (χ4n) is 1.50. The van der Waals surface area contributed by atoms with Crippen molar-refractivity contribution in [3.05, 3.63) is 29.8 Å². The molecule has 0 aliphatic carbocycles. The molecule has 0 aromatic heterocycles. The van der Waals surface area contributed by atoms with Gasteiger partial charge in [0.25, 0.3) is 5.91 Å². The summed E-state index contributed by atoms with van der Waals surface area (Å²) < 4.78 is 5.52. The minimum Gasteiger partial charge on any atom is -0.494 e. The molecule has 0 bridgehead atoms. The van der Waals surface area contributed by atoms with Crippen molar-refractivity contribution >= 4 is 5.91 Å². The quantitative estimate of drug-likeness (QED) is 0.839. The Morgan fingerprint density at radius 2 is 2.22 bits per heavy atom. The summed E-state index contributed by atoms with van der Waals surface area (Å²) in [7, 11) is 1.76. The van der Waals surface area contributed by atoms with Crippen LogP contribution in [0.1, 0.15) is 30.6 Å². The van der Waals surface area contributed by atoms with Crippen molar-refractivity contribution in [1.82, 2.24) is 4.90 Å². The summed E-state index contributed by atoms with van der Waals surface area (Å²) >= 11 is 0. The summed E-state index contributed by atoms with van der Waals surface area (Å²) in [6.07, 6.45) is 0.947. The van der Waals surface area contributed by atoms with Gasteiger partial charge in [-0.2, -0.15) is 0 Å². The first-order chi connectivity index (χ1) is 8.60. The summed E-state index contributed by atoms with van der Waals surface area (Å²) in [6.45, 7) is 5.09. The van der Waals surface area contributed by atoms with Crippen LogP contribution >= 0.6 is 0 Å². The number of carbonyl (C=O) groups is 1. The summed E-state index contributed by atoms with van der Waals surface area (Å²) in [5.41, 5.74) is 6.20.